The van der Waals surface area contributed by atoms with Crippen LogP contribution >= 0.6 is 11.8 Å². The van der Waals surface area contributed by atoms with Crippen molar-refractivity contribution in [1.29, 1.82) is 0 Å². The van der Waals surface area contributed by atoms with Gasteiger partial charge in [0.1, 0.15) is 5.69 Å². The summed E-state index contributed by atoms with van der Waals surface area (Å²) in [5.41, 5.74) is 4.96. The molecule has 1 saturated carbocycles. The number of aromatic amines is 1. The molecule has 0 atom stereocenters. The highest BCUT2D eigenvalue weighted by Gasteiger charge is 2.31. The van der Waals surface area contributed by atoms with Crippen LogP contribution in [0.5, 0.6) is 0 Å². The zero-order valence-corrected chi connectivity index (χ0v) is 17.6. The highest BCUT2D eigenvalue weighted by molar-refractivity contribution is 7.99. The Morgan fingerprint density at radius 1 is 1.00 bits per heavy atom. The van der Waals surface area contributed by atoms with Gasteiger partial charge in [0.2, 0.25) is 0 Å². The maximum Gasteiger partial charge on any atom is 0.417 e. The Balaban J connectivity index is 1.52. The van der Waals surface area contributed by atoms with E-state index in [2.05, 4.69) is 52.2 Å². The molecule has 0 radical (unpaired) electrons. The zero-order valence-electron chi connectivity index (χ0n) is 16.8. The summed E-state index contributed by atoms with van der Waals surface area (Å²) in [6.45, 7) is 2.06. The van der Waals surface area contributed by atoms with Gasteiger partial charge in [-0.05, 0) is 53.8 Å². The normalized spacial score (nSPS) is 14.3. The van der Waals surface area contributed by atoms with Crippen molar-refractivity contribution in [3.05, 3.63) is 66.0 Å². The minimum Gasteiger partial charge on any atom is -0.352 e. The van der Waals surface area contributed by atoms with E-state index in [1.807, 2.05) is 6.20 Å². The molecule has 1 aromatic carbocycles. The van der Waals surface area contributed by atoms with Gasteiger partial charge < -0.3 is 4.98 Å². The van der Waals surface area contributed by atoms with Crippen LogP contribution in [0, 0.1) is 0 Å². The first-order chi connectivity index (χ1) is 14.9. The van der Waals surface area contributed by atoms with Crippen LogP contribution in [0.25, 0.3) is 33.5 Å². The summed E-state index contributed by atoms with van der Waals surface area (Å²) in [6.07, 6.45) is 0.808. The van der Waals surface area contributed by atoms with Crippen molar-refractivity contribution >= 4 is 22.8 Å². The van der Waals surface area contributed by atoms with Crippen molar-refractivity contribution in [2.24, 2.45) is 0 Å². The maximum atomic E-state index is 13.0. The van der Waals surface area contributed by atoms with Gasteiger partial charge in [-0.2, -0.15) is 13.2 Å². The number of benzene rings is 1. The van der Waals surface area contributed by atoms with Gasteiger partial charge in [0, 0.05) is 22.9 Å². The Morgan fingerprint density at radius 2 is 1.77 bits per heavy atom. The lowest BCUT2D eigenvalue weighted by molar-refractivity contribution is -0.137. The number of thioether (sulfide) groups is 1. The van der Waals surface area contributed by atoms with E-state index >= 15 is 0 Å². The molecule has 1 aliphatic rings. The Morgan fingerprint density at radius 3 is 2.45 bits per heavy atom. The van der Waals surface area contributed by atoms with E-state index in [9.17, 15) is 13.2 Å². The topological polar surface area (TPSA) is 41.6 Å². The molecule has 158 valence electrons. The second-order valence-electron chi connectivity index (χ2n) is 7.74. The molecule has 1 aliphatic carbocycles. The summed E-state index contributed by atoms with van der Waals surface area (Å²) < 4.78 is 39.1. The van der Waals surface area contributed by atoms with E-state index in [0.29, 0.717) is 22.6 Å². The summed E-state index contributed by atoms with van der Waals surface area (Å²) in [5.74, 6) is 1.57. The summed E-state index contributed by atoms with van der Waals surface area (Å²) in [5, 5.41) is 0. The first kappa shape index (κ1) is 20.1. The highest BCUT2D eigenvalue weighted by Crippen LogP contribution is 2.41. The van der Waals surface area contributed by atoms with Crippen LogP contribution in [0.3, 0.4) is 0 Å². The molecule has 0 unspecified atom stereocenters. The van der Waals surface area contributed by atoms with Crippen LogP contribution in [0.2, 0.25) is 0 Å². The molecule has 0 spiro atoms. The number of hydrogen-bond donors (Lipinski definition) is 1. The molecule has 7 heteroatoms. The summed E-state index contributed by atoms with van der Waals surface area (Å²) in [7, 11) is 0. The number of halogens is 3. The van der Waals surface area contributed by atoms with Crippen molar-refractivity contribution < 1.29 is 13.2 Å². The summed E-state index contributed by atoms with van der Waals surface area (Å²) >= 11 is 1.66. The minimum atomic E-state index is -4.43. The zero-order chi connectivity index (χ0) is 21.6. The fourth-order valence-electron chi connectivity index (χ4n) is 3.73. The number of rotatable bonds is 5. The largest absolute Gasteiger partial charge is 0.417 e. The number of nitrogens with zero attached hydrogens (tertiary/aromatic N) is 2. The molecule has 3 heterocycles. The lowest BCUT2D eigenvalue weighted by Gasteiger charge is -2.10. The third-order valence-electron chi connectivity index (χ3n) is 5.50. The molecule has 3 nitrogen and oxygen atoms in total. The van der Waals surface area contributed by atoms with Crippen molar-refractivity contribution in [2.75, 3.05) is 5.75 Å². The molecule has 0 bridgehead atoms. The molecule has 0 saturated heterocycles. The smallest absolute Gasteiger partial charge is 0.352 e. The van der Waals surface area contributed by atoms with Gasteiger partial charge in [-0.15, -0.1) is 11.8 Å². The molecule has 4 aromatic rings. The van der Waals surface area contributed by atoms with Gasteiger partial charge in [-0.3, -0.25) is 9.97 Å². The second-order valence-corrected chi connectivity index (χ2v) is 9.04. The summed E-state index contributed by atoms with van der Waals surface area (Å²) in [6, 6.07) is 13.6. The molecule has 31 heavy (non-hydrogen) atoms. The van der Waals surface area contributed by atoms with Gasteiger partial charge in [0.15, 0.2) is 0 Å². The van der Waals surface area contributed by atoms with E-state index in [4.69, 9.17) is 0 Å². The van der Waals surface area contributed by atoms with Gasteiger partial charge in [0.25, 0.3) is 0 Å². The van der Waals surface area contributed by atoms with Crippen molar-refractivity contribution in [1.82, 2.24) is 15.0 Å². The fraction of sp³-hybridized carbons (Fsp3) is 0.250. The van der Waals surface area contributed by atoms with Crippen molar-refractivity contribution in [2.45, 2.75) is 36.8 Å². The van der Waals surface area contributed by atoms with Crippen LogP contribution in [-0.2, 0) is 6.18 Å². The number of fused-ring (bicyclic) bond motifs is 1. The number of H-pyrrole nitrogens is 1. The SMILES string of the molecule is CCSc1cc(-c2ccc(C3CC3)cc2)cnc1-c1cc2ncc(C(F)(F)F)cc2[nH]1. The lowest BCUT2D eigenvalue weighted by Crippen LogP contribution is -2.04. The second kappa shape index (κ2) is 7.71. The van der Waals surface area contributed by atoms with Gasteiger partial charge in [0.05, 0.1) is 22.3 Å². The van der Waals surface area contributed by atoms with Crippen LogP contribution in [0.4, 0.5) is 13.2 Å². The Hall–Kier alpha value is -2.80. The Labute approximate surface area is 182 Å². The van der Waals surface area contributed by atoms with E-state index in [-0.39, 0.29) is 0 Å². The highest BCUT2D eigenvalue weighted by atomic mass is 32.2. The molecule has 5 rings (SSSR count). The number of hydrogen-bond acceptors (Lipinski definition) is 3. The predicted octanol–water partition coefficient (Wildman–Crippen LogP) is 7.30. The quantitative estimate of drug-likeness (QED) is 0.332. The predicted molar refractivity (Wildman–Crippen MR) is 118 cm³/mol. The van der Waals surface area contributed by atoms with E-state index in [1.165, 1.54) is 18.4 Å². The third-order valence-corrected chi connectivity index (χ3v) is 6.41. The van der Waals surface area contributed by atoms with Crippen LogP contribution < -0.4 is 0 Å². The molecule has 0 aliphatic heterocycles. The van der Waals surface area contributed by atoms with Gasteiger partial charge in [-0.1, -0.05) is 31.2 Å². The molecular weight excluding hydrogens is 419 g/mol. The van der Waals surface area contributed by atoms with Crippen molar-refractivity contribution in [3.63, 3.8) is 0 Å². The lowest BCUT2D eigenvalue weighted by atomic mass is 10.0. The average Bonchev–Trinajstić information content (AvgIpc) is 3.52. The molecular formula is C24H20F3N3S. The minimum absolute atomic E-state index is 0.346. The number of alkyl halides is 3. The van der Waals surface area contributed by atoms with E-state index < -0.39 is 11.7 Å². The molecule has 1 N–H and O–H groups in total. The average molecular weight is 440 g/mol. The number of nitrogens with one attached hydrogen (secondary N) is 1. The molecule has 3 aromatic heterocycles. The third kappa shape index (κ3) is 4.06. The van der Waals surface area contributed by atoms with E-state index in [0.717, 1.165) is 39.7 Å². The van der Waals surface area contributed by atoms with Crippen molar-refractivity contribution in [3.8, 4) is 22.5 Å². The first-order valence-corrected chi connectivity index (χ1v) is 11.2. The van der Waals surface area contributed by atoms with Gasteiger partial charge in [-0.25, -0.2) is 0 Å². The number of pyridine rings is 2. The fourth-order valence-corrected chi connectivity index (χ4v) is 4.55. The Kier molecular flexibility index (Phi) is 5.01. The molecule has 0 amide bonds. The van der Waals surface area contributed by atoms with E-state index in [1.54, 1.807) is 17.8 Å². The number of aromatic nitrogens is 3. The van der Waals surface area contributed by atoms with Crippen LogP contribution in [0.15, 0.2) is 59.8 Å². The first-order valence-electron chi connectivity index (χ1n) is 10.2. The monoisotopic (exact) mass is 439 g/mol. The Bertz CT molecular complexity index is 1240. The molecule has 1 fully saturated rings. The van der Waals surface area contributed by atoms with Crippen LogP contribution in [-0.4, -0.2) is 20.7 Å². The maximum absolute atomic E-state index is 13.0. The van der Waals surface area contributed by atoms with Crippen LogP contribution in [0.1, 0.15) is 36.8 Å². The summed E-state index contributed by atoms with van der Waals surface area (Å²) in [4.78, 5) is 12.7. The standard InChI is InChI=1S/C24H20F3N3S/c1-2-31-22-9-17(16-7-5-15(6-8-16)14-3-4-14)12-29-23(22)21-11-19-20(30-21)10-18(13-28-19)24(25,26)27/h5-14,30H,2-4H2,1H3. The van der Waals surface area contributed by atoms with Gasteiger partial charge >= 0.3 is 6.18 Å².